The second-order valence-corrected chi connectivity index (χ2v) is 5.30. The highest BCUT2D eigenvalue weighted by atomic mass is 35.5. The number of hydrogen-bond acceptors (Lipinski definition) is 3. The number of aliphatic hydroxyl groups excluding tert-OH is 1. The molecule has 0 radical (unpaired) electrons. The lowest BCUT2D eigenvalue weighted by Crippen LogP contribution is -2.19. The van der Waals surface area contributed by atoms with Gasteiger partial charge < -0.3 is 14.7 Å². The van der Waals surface area contributed by atoms with Crippen molar-refractivity contribution in [2.24, 2.45) is 0 Å². The molecule has 0 aliphatic rings. The van der Waals surface area contributed by atoms with Crippen LogP contribution in [-0.4, -0.2) is 43.1 Å². The first kappa shape index (κ1) is 16.3. The maximum absolute atomic E-state index is 10.00. The highest BCUT2D eigenvalue weighted by Gasteiger charge is 2.07. The van der Waals surface area contributed by atoms with Gasteiger partial charge in [0.2, 0.25) is 0 Å². The van der Waals surface area contributed by atoms with Crippen molar-refractivity contribution in [1.29, 1.82) is 0 Å². The van der Waals surface area contributed by atoms with Gasteiger partial charge in [0.1, 0.15) is 12.4 Å². The van der Waals surface area contributed by atoms with Crippen LogP contribution in [0, 0.1) is 0 Å². The molecule has 0 saturated heterocycles. The number of halogens is 1. The van der Waals surface area contributed by atoms with Crippen LogP contribution < -0.4 is 4.74 Å². The Morgan fingerprint density at radius 3 is 2.47 bits per heavy atom. The standard InChI is InChI=1S/C15H24ClNO2/c1-17(2)11-12-19-14-8-6-13(7-9-14)15(18)5-3-4-10-16/h6-9,15,18H,3-5,10-12H2,1-2H3. The first-order valence-electron chi connectivity index (χ1n) is 6.75. The zero-order chi connectivity index (χ0) is 14.1. The molecule has 1 rings (SSSR count). The van der Waals surface area contributed by atoms with E-state index in [1.54, 1.807) is 0 Å². The van der Waals surface area contributed by atoms with E-state index < -0.39 is 6.10 Å². The van der Waals surface area contributed by atoms with Gasteiger partial charge in [-0.25, -0.2) is 0 Å². The minimum atomic E-state index is -0.404. The van der Waals surface area contributed by atoms with Gasteiger partial charge in [-0.2, -0.15) is 0 Å². The molecule has 0 saturated carbocycles. The van der Waals surface area contributed by atoms with Crippen molar-refractivity contribution in [3.63, 3.8) is 0 Å². The monoisotopic (exact) mass is 285 g/mol. The van der Waals surface area contributed by atoms with Gasteiger partial charge in [0, 0.05) is 12.4 Å². The van der Waals surface area contributed by atoms with E-state index in [-0.39, 0.29) is 0 Å². The fourth-order valence-electron chi connectivity index (χ4n) is 1.73. The lowest BCUT2D eigenvalue weighted by Gasteiger charge is -2.13. The summed E-state index contributed by atoms with van der Waals surface area (Å²) in [6, 6.07) is 7.68. The van der Waals surface area contributed by atoms with Gasteiger partial charge in [-0.1, -0.05) is 12.1 Å². The number of unbranched alkanes of at least 4 members (excludes halogenated alkanes) is 1. The van der Waals surface area contributed by atoms with Crippen molar-refractivity contribution in [1.82, 2.24) is 4.90 Å². The molecule has 3 nitrogen and oxygen atoms in total. The van der Waals surface area contributed by atoms with Gasteiger partial charge in [0.15, 0.2) is 0 Å². The molecule has 4 heteroatoms. The number of nitrogens with zero attached hydrogens (tertiary/aromatic N) is 1. The van der Waals surface area contributed by atoms with Gasteiger partial charge in [-0.3, -0.25) is 0 Å². The number of ether oxygens (including phenoxy) is 1. The van der Waals surface area contributed by atoms with Crippen molar-refractivity contribution in [2.75, 3.05) is 33.1 Å². The maximum atomic E-state index is 10.00. The Hall–Kier alpha value is -0.770. The van der Waals surface area contributed by atoms with Crippen molar-refractivity contribution < 1.29 is 9.84 Å². The van der Waals surface area contributed by atoms with Crippen LogP contribution in [0.1, 0.15) is 30.9 Å². The molecule has 1 aromatic carbocycles. The average molecular weight is 286 g/mol. The van der Waals surface area contributed by atoms with Crippen LogP contribution in [0.25, 0.3) is 0 Å². The summed E-state index contributed by atoms with van der Waals surface area (Å²) >= 11 is 5.62. The molecule has 19 heavy (non-hydrogen) atoms. The SMILES string of the molecule is CN(C)CCOc1ccc(C(O)CCCCCl)cc1. The fraction of sp³-hybridized carbons (Fsp3) is 0.600. The molecular formula is C15H24ClNO2. The van der Waals surface area contributed by atoms with E-state index in [2.05, 4.69) is 4.90 Å². The van der Waals surface area contributed by atoms with Crippen molar-refractivity contribution >= 4 is 11.6 Å². The van der Waals surface area contributed by atoms with Crippen LogP contribution in [0.4, 0.5) is 0 Å². The predicted octanol–water partition coefficient (Wildman–Crippen LogP) is 3.07. The zero-order valence-electron chi connectivity index (χ0n) is 11.8. The lowest BCUT2D eigenvalue weighted by atomic mass is 10.0. The molecule has 0 aliphatic heterocycles. The summed E-state index contributed by atoms with van der Waals surface area (Å²) < 4.78 is 5.61. The highest BCUT2D eigenvalue weighted by molar-refractivity contribution is 6.17. The molecule has 0 aliphatic carbocycles. The third kappa shape index (κ3) is 6.81. The van der Waals surface area contributed by atoms with Crippen LogP contribution in [-0.2, 0) is 0 Å². The largest absolute Gasteiger partial charge is 0.492 e. The summed E-state index contributed by atoms with van der Waals surface area (Å²) in [5.41, 5.74) is 0.939. The van der Waals surface area contributed by atoms with Crippen molar-refractivity contribution in [3.05, 3.63) is 29.8 Å². The van der Waals surface area contributed by atoms with E-state index in [1.165, 1.54) is 0 Å². The molecule has 1 unspecified atom stereocenters. The third-order valence-electron chi connectivity index (χ3n) is 2.93. The Morgan fingerprint density at radius 1 is 1.21 bits per heavy atom. The van der Waals surface area contributed by atoms with Crippen molar-refractivity contribution in [3.8, 4) is 5.75 Å². The summed E-state index contributed by atoms with van der Waals surface area (Å²) in [5.74, 6) is 1.50. The molecular weight excluding hydrogens is 262 g/mol. The van der Waals surface area contributed by atoms with E-state index in [0.29, 0.717) is 12.5 Å². The molecule has 1 aromatic rings. The van der Waals surface area contributed by atoms with Crippen LogP contribution in [0.5, 0.6) is 5.75 Å². The number of rotatable bonds is 9. The highest BCUT2D eigenvalue weighted by Crippen LogP contribution is 2.22. The molecule has 0 amide bonds. The quantitative estimate of drug-likeness (QED) is 0.559. The van der Waals surface area contributed by atoms with Gasteiger partial charge in [0.25, 0.3) is 0 Å². The fourth-order valence-corrected chi connectivity index (χ4v) is 1.92. The van der Waals surface area contributed by atoms with Crippen LogP contribution in [0.2, 0.25) is 0 Å². The van der Waals surface area contributed by atoms with E-state index in [9.17, 15) is 5.11 Å². The molecule has 1 atom stereocenters. The number of hydrogen-bond donors (Lipinski definition) is 1. The molecule has 0 bridgehead atoms. The number of alkyl halides is 1. The van der Waals surface area contributed by atoms with Crippen LogP contribution in [0.3, 0.4) is 0 Å². The molecule has 0 fully saturated rings. The Bertz CT molecular complexity index is 341. The summed E-state index contributed by atoms with van der Waals surface area (Å²) in [6.07, 6.45) is 2.25. The zero-order valence-corrected chi connectivity index (χ0v) is 12.6. The maximum Gasteiger partial charge on any atom is 0.119 e. The lowest BCUT2D eigenvalue weighted by molar-refractivity contribution is 0.164. The van der Waals surface area contributed by atoms with Crippen LogP contribution in [0.15, 0.2) is 24.3 Å². The number of benzene rings is 1. The van der Waals surface area contributed by atoms with Gasteiger partial charge in [-0.05, 0) is 51.1 Å². The molecule has 108 valence electrons. The Kier molecular flexibility index (Phi) is 7.87. The first-order chi connectivity index (χ1) is 9.13. The van der Waals surface area contributed by atoms with E-state index in [1.807, 2.05) is 38.4 Å². The molecule has 0 heterocycles. The summed E-state index contributed by atoms with van der Waals surface area (Å²) in [6.45, 7) is 1.56. The molecule has 1 N–H and O–H groups in total. The van der Waals surface area contributed by atoms with E-state index in [4.69, 9.17) is 16.3 Å². The molecule has 0 aromatic heterocycles. The van der Waals surface area contributed by atoms with Crippen molar-refractivity contribution in [2.45, 2.75) is 25.4 Å². The van der Waals surface area contributed by atoms with Crippen LogP contribution >= 0.6 is 11.6 Å². The van der Waals surface area contributed by atoms with E-state index in [0.717, 1.165) is 37.1 Å². The second kappa shape index (κ2) is 9.18. The normalized spacial score (nSPS) is 12.7. The summed E-state index contributed by atoms with van der Waals surface area (Å²) in [5, 5.41) is 10.00. The smallest absolute Gasteiger partial charge is 0.119 e. The minimum Gasteiger partial charge on any atom is -0.492 e. The van der Waals surface area contributed by atoms with Gasteiger partial charge in [-0.15, -0.1) is 11.6 Å². The third-order valence-corrected chi connectivity index (χ3v) is 3.20. The second-order valence-electron chi connectivity index (χ2n) is 4.92. The Labute approximate surface area is 121 Å². The summed E-state index contributed by atoms with van der Waals surface area (Å²) in [4.78, 5) is 2.08. The predicted molar refractivity (Wildman–Crippen MR) is 80.0 cm³/mol. The Morgan fingerprint density at radius 2 is 1.89 bits per heavy atom. The Balaban J connectivity index is 2.37. The van der Waals surface area contributed by atoms with E-state index >= 15 is 0 Å². The molecule has 0 spiro atoms. The topological polar surface area (TPSA) is 32.7 Å². The average Bonchev–Trinajstić information content (AvgIpc) is 2.39. The minimum absolute atomic E-state index is 0.404. The number of likely N-dealkylation sites (N-methyl/N-ethyl adjacent to an activating group) is 1. The number of aliphatic hydroxyl groups is 1. The van der Waals surface area contributed by atoms with Gasteiger partial charge >= 0.3 is 0 Å². The first-order valence-corrected chi connectivity index (χ1v) is 7.28. The van der Waals surface area contributed by atoms with Gasteiger partial charge in [0.05, 0.1) is 6.10 Å². The summed E-state index contributed by atoms with van der Waals surface area (Å²) in [7, 11) is 4.04.